The first-order chi connectivity index (χ1) is 7.90. The number of hydrogen-bond donors (Lipinski definition) is 1. The molecule has 90 valence electrons. The molecule has 0 spiro atoms. The standard InChI is InChI=1S/C13H22N2S/c1-14-9-5-8-12-10-15-13(16-12)11-6-3-2-4-7-11/h10-11,14H,2-9H2,1H3. The fraction of sp³-hybridized carbons (Fsp3) is 0.769. The topological polar surface area (TPSA) is 24.9 Å². The lowest BCUT2D eigenvalue weighted by molar-refractivity contribution is 0.442. The molecule has 1 heterocycles. The Morgan fingerprint density at radius 2 is 2.19 bits per heavy atom. The van der Waals surface area contributed by atoms with Crippen molar-refractivity contribution in [3.05, 3.63) is 16.1 Å². The Balaban J connectivity index is 1.85. The zero-order chi connectivity index (χ0) is 11.2. The first-order valence-corrected chi connectivity index (χ1v) is 7.31. The quantitative estimate of drug-likeness (QED) is 0.796. The lowest BCUT2D eigenvalue weighted by Gasteiger charge is -2.18. The lowest BCUT2D eigenvalue weighted by atomic mass is 9.90. The van der Waals surface area contributed by atoms with Crippen molar-refractivity contribution in [2.75, 3.05) is 13.6 Å². The van der Waals surface area contributed by atoms with Gasteiger partial charge in [0, 0.05) is 17.0 Å². The summed E-state index contributed by atoms with van der Waals surface area (Å²) in [6.07, 6.45) is 11.5. The van der Waals surface area contributed by atoms with Gasteiger partial charge in [-0.2, -0.15) is 0 Å². The molecule has 0 radical (unpaired) electrons. The van der Waals surface area contributed by atoms with Gasteiger partial charge in [0.1, 0.15) is 0 Å². The molecule has 2 nitrogen and oxygen atoms in total. The highest BCUT2D eigenvalue weighted by Gasteiger charge is 2.18. The van der Waals surface area contributed by atoms with Gasteiger partial charge in [0.15, 0.2) is 0 Å². The maximum absolute atomic E-state index is 4.62. The van der Waals surface area contributed by atoms with Crippen molar-refractivity contribution in [2.45, 2.75) is 50.9 Å². The lowest BCUT2D eigenvalue weighted by Crippen LogP contribution is -2.07. The van der Waals surface area contributed by atoms with Crippen LogP contribution in [0, 0.1) is 0 Å². The summed E-state index contributed by atoms with van der Waals surface area (Å²) in [7, 11) is 2.01. The number of hydrogen-bond acceptors (Lipinski definition) is 3. The molecule has 1 aromatic heterocycles. The summed E-state index contributed by atoms with van der Waals surface area (Å²) in [6.45, 7) is 1.11. The third-order valence-corrected chi connectivity index (χ3v) is 4.60. The molecule has 16 heavy (non-hydrogen) atoms. The Hall–Kier alpha value is -0.410. The minimum absolute atomic E-state index is 0.775. The van der Waals surface area contributed by atoms with E-state index in [4.69, 9.17) is 0 Å². The molecule has 2 rings (SSSR count). The zero-order valence-electron chi connectivity index (χ0n) is 10.2. The number of rotatable bonds is 5. The molecule has 1 aromatic rings. The highest BCUT2D eigenvalue weighted by Crippen LogP contribution is 2.34. The number of nitrogens with zero attached hydrogens (tertiary/aromatic N) is 1. The van der Waals surface area contributed by atoms with E-state index >= 15 is 0 Å². The van der Waals surface area contributed by atoms with Crippen LogP contribution in [0.3, 0.4) is 0 Å². The van der Waals surface area contributed by atoms with Crippen LogP contribution < -0.4 is 5.32 Å². The second-order valence-electron chi connectivity index (χ2n) is 4.71. The van der Waals surface area contributed by atoms with Crippen LogP contribution in [0.5, 0.6) is 0 Å². The van der Waals surface area contributed by atoms with Gasteiger partial charge in [-0.05, 0) is 39.3 Å². The van der Waals surface area contributed by atoms with Crippen molar-refractivity contribution >= 4 is 11.3 Å². The normalized spacial score (nSPS) is 17.8. The third-order valence-electron chi connectivity index (χ3n) is 3.38. The number of aromatic nitrogens is 1. The average Bonchev–Trinajstić information content (AvgIpc) is 2.79. The summed E-state index contributed by atoms with van der Waals surface area (Å²) in [5, 5.41) is 4.59. The van der Waals surface area contributed by atoms with Gasteiger partial charge in [-0.1, -0.05) is 19.3 Å². The SMILES string of the molecule is CNCCCc1cnc(C2CCCCC2)s1. The van der Waals surface area contributed by atoms with Gasteiger partial charge in [0.05, 0.1) is 5.01 Å². The molecule has 0 unspecified atom stereocenters. The van der Waals surface area contributed by atoms with Crippen molar-refractivity contribution < 1.29 is 0 Å². The molecular formula is C13H22N2S. The summed E-state index contributed by atoms with van der Waals surface area (Å²) >= 11 is 1.95. The Morgan fingerprint density at radius 1 is 1.38 bits per heavy atom. The highest BCUT2D eigenvalue weighted by atomic mass is 32.1. The monoisotopic (exact) mass is 238 g/mol. The fourth-order valence-electron chi connectivity index (χ4n) is 2.42. The summed E-state index contributed by atoms with van der Waals surface area (Å²) in [5.41, 5.74) is 0. The van der Waals surface area contributed by atoms with E-state index in [1.54, 1.807) is 0 Å². The van der Waals surface area contributed by atoms with E-state index in [1.807, 2.05) is 18.4 Å². The van der Waals surface area contributed by atoms with E-state index in [2.05, 4.69) is 16.5 Å². The van der Waals surface area contributed by atoms with E-state index in [9.17, 15) is 0 Å². The summed E-state index contributed by atoms with van der Waals surface area (Å²) in [5.74, 6) is 0.775. The third kappa shape index (κ3) is 3.29. The fourth-order valence-corrected chi connectivity index (χ4v) is 3.54. The Labute approximate surface area is 102 Å². The van der Waals surface area contributed by atoms with Gasteiger partial charge in [-0.25, -0.2) is 4.98 Å². The van der Waals surface area contributed by atoms with Crippen LogP contribution in [0.2, 0.25) is 0 Å². The molecule has 3 heteroatoms. The van der Waals surface area contributed by atoms with Crippen LogP contribution in [0.1, 0.15) is 54.3 Å². The molecule has 0 saturated heterocycles. The second-order valence-corrected chi connectivity index (χ2v) is 5.85. The Bertz CT molecular complexity index is 303. The molecule has 0 aromatic carbocycles. The minimum atomic E-state index is 0.775. The molecule has 1 aliphatic carbocycles. The zero-order valence-corrected chi connectivity index (χ0v) is 11.0. The molecule has 0 bridgehead atoms. The minimum Gasteiger partial charge on any atom is -0.320 e. The van der Waals surface area contributed by atoms with Crippen molar-refractivity contribution in [1.82, 2.24) is 10.3 Å². The Kier molecular flexibility index (Phi) is 4.79. The van der Waals surface area contributed by atoms with Crippen molar-refractivity contribution in [3.63, 3.8) is 0 Å². The van der Waals surface area contributed by atoms with Crippen molar-refractivity contribution in [2.24, 2.45) is 0 Å². The second kappa shape index (κ2) is 6.36. The van der Waals surface area contributed by atoms with Gasteiger partial charge < -0.3 is 5.32 Å². The van der Waals surface area contributed by atoms with Gasteiger partial charge in [-0.3, -0.25) is 0 Å². The Morgan fingerprint density at radius 3 is 2.94 bits per heavy atom. The van der Waals surface area contributed by atoms with Gasteiger partial charge in [0.2, 0.25) is 0 Å². The summed E-state index contributed by atoms with van der Waals surface area (Å²) < 4.78 is 0. The number of thiazole rings is 1. The van der Waals surface area contributed by atoms with E-state index in [1.165, 1.54) is 54.8 Å². The first kappa shape index (κ1) is 12.1. The van der Waals surface area contributed by atoms with Crippen LogP contribution in [0.25, 0.3) is 0 Å². The van der Waals surface area contributed by atoms with E-state index in [0.717, 1.165) is 12.5 Å². The van der Waals surface area contributed by atoms with Crippen LogP contribution in [-0.4, -0.2) is 18.6 Å². The van der Waals surface area contributed by atoms with Crippen LogP contribution >= 0.6 is 11.3 Å². The largest absolute Gasteiger partial charge is 0.320 e. The molecule has 1 aliphatic rings. The molecule has 0 amide bonds. The van der Waals surface area contributed by atoms with E-state index in [0.29, 0.717) is 0 Å². The first-order valence-electron chi connectivity index (χ1n) is 6.49. The molecule has 1 N–H and O–H groups in total. The van der Waals surface area contributed by atoms with Gasteiger partial charge in [-0.15, -0.1) is 11.3 Å². The maximum Gasteiger partial charge on any atom is 0.0958 e. The van der Waals surface area contributed by atoms with Crippen molar-refractivity contribution in [3.8, 4) is 0 Å². The molecule has 0 atom stereocenters. The van der Waals surface area contributed by atoms with Crippen LogP contribution in [0.15, 0.2) is 6.20 Å². The number of nitrogens with one attached hydrogen (secondary N) is 1. The van der Waals surface area contributed by atoms with Crippen LogP contribution in [0.4, 0.5) is 0 Å². The molecule has 0 aliphatic heterocycles. The molecular weight excluding hydrogens is 216 g/mol. The highest BCUT2D eigenvalue weighted by molar-refractivity contribution is 7.11. The van der Waals surface area contributed by atoms with Crippen LogP contribution in [-0.2, 0) is 6.42 Å². The van der Waals surface area contributed by atoms with Crippen molar-refractivity contribution in [1.29, 1.82) is 0 Å². The van der Waals surface area contributed by atoms with Gasteiger partial charge >= 0.3 is 0 Å². The average molecular weight is 238 g/mol. The summed E-state index contributed by atoms with van der Waals surface area (Å²) in [6, 6.07) is 0. The van der Waals surface area contributed by atoms with E-state index in [-0.39, 0.29) is 0 Å². The van der Waals surface area contributed by atoms with E-state index < -0.39 is 0 Å². The smallest absolute Gasteiger partial charge is 0.0958 e. The number of aryl methyl sites for hydroxylation is 1. The molecule has 1 fully saturated rings. The molecule has 1 saturated carbocycles. The maximum atomic E-state index is 4.62. The predicted molar refractivity (Wildman–Crippen MR) is 70.2 cm³/mol. The van der Waals surface area contributed by atoms with Gasteiger partial charge in [0.25, 0.3) is 0 Å². The summed E-state index contributed by atoms with van der Waals surface area (Å²) in [4.78, 5) is 6.09. The predicted octanol–water partition coefficient (Wildman–Crippen LogP) is 3.34.